The van der Waals surface area contributed by atoms with Gasteiger partial charge < -0.3 is 10.2 Å². The number of hydrogen-bond acceptors (Lipinski definition) is 4. The zero-order valence-electron chi connectivity index (χ0n) is 12.0. The molecule has 1 saturated carbocycles. The predicted octanol–water partition coefficient (Wildman–Crippen LogP) is 3.65. The van der Waals surface area contributed by atoms with Crippen molar-refractivity contribution in [2.24, 2.45) is 5.92 Å². The maximum Gasteiger partial charge on any atom is 0.186 e. The van der Waals surface area contributed by atoms with Gasteiger partial charge in [-0.1, -0.05) is 42.4 Å². The molecule has 5 heteroatoms. The minimum absolute atomic E-state index is 0.521. The van der Waals surface area contributed by atoms with Crippen molar-refractivity contribution in [3.63, 3.8) is 0 Å². The Hall–Kier alpha value is -0.580. The van der Waals surface area contributed by atoms with Crippen molar-refractivity contribution in [2.75, 3.05) is 25.5 Å². The number of nitrogens with one attached hydrogen (secondary N) is 1. The topological polar surface area (TPSA) is 28.2 Å². The summed E-state index contributed by atoms with van der Waals surface area (Å²) in [5.74, 6) is 0.521. The van der Waals surface area contributed by atoms with Gasteiger partial charge in [0.2, 0.25) is 0 Å². The summed E-state index contributed by atoms with van der Waals surface area (Å²) in [6.45, 7) is 5.40. The molecular formula is C14H22ClN3S. The summed E-state index contributed by atoms with van der Waals surface area (Å²) in [5.41, 5.74) is 1.39. The van der Waals surface area contributed by atoms with Crippen LogP contribution in [0.5, 0.6) is 0 Å². The highest BCUT2D eigenvalue weighted by atomic mass is 35.5. The third kappa shape index (κ3) is 4.20. The highest BCUT2D eigenvalue weighted by Crippen LogP contribution is 2.31. The van der Waals surface area contributed by atoms with Gasteiger partial charge in [-0.05, 0) is 24.8 Å². The maximum atomic E-state index is 6.22. The van der Waals surface area contributed by atoms with Crippen LogP contribution in [0.1, 0.15) is 31.6 Å². The van der Waals surface area contributed by atoms with E-state index in [2.05, 4.69) is 30.2 Å². The lowest BCUT2D eigenvalue weighted by atomic mass is 10.0. The fourth-order valence-electron chi connectivity index (χ4n) is 1.72. The van der Waals surface area contributed by atoms with Crippen LogP contribution in [0.2, 0.25) is 5.15 Å². The van der Waals surface area contributed by atoms with Crippen LogP contribution in [-0.2, 0) is 0 Å². The molecule has 0 aromatic carbocycles. The van der Waals surface area contributed by atoms with Gasteiger partial charge in [0.15, 0.2) is 5.13 Å². The Bertz CT molecular complexity index is 461. The maximum absolute atomic E-state index is 6.22. The molecule has 0 aliphatic heterocycles. The third-order valence-electron chi connectivity index (χ3n) is 3.21. The molecule has 1 N–H and O–H groups in total. The van der Waals surface area contributed by atoms with Crippen LogP contribution in [0, 0.1) is 5.92 Å². The Balaban J connectivity index is 2.14. The highest BCUT2D eigenvalue weighted by Gasteiger charge is 2.21. The Kier molecular flexibility index (Phi) is 4.87. The van der Waals surface area contributed by atoms with Crippen molar-refractivity contribution >= 4 is 34.1 Å². The first-order valence-corrected chi connectivity index (χ1v) is 7.94. The van der Waals surface area contributed by atoms with Crippen molar-refractivity contribution in [3.8, 4) is 0 Å². The van der Waals surface area contributed by atoms with Crippen LogP contribution in [-0.4, -0.2) is 31.7 Å². The molecule has 1 aromatic heterocycles. The van der Waals surface area contributed by atoms with Gasteiger partial charge >= 0.3 is 0 Å². The average Bonchev–Trinajstić information content (AvgIpc) is 3.08. The molecule has 0 spiro atoms. The average molecular weight is 300 g/mol. The zero-order valence-corrected chi connectivity index (χ0v) is 13.6. The van der Waals surface area contributed by atoms with Crippen molar-refractivity contribution < 1.29 is 0 Å². The van der Waals surface area contributed by atoms with E-state index in [4.69, 9.17) is 11.6 Å². The third-order valence-corrected chi connectivity index (χ3v) is 4.78. The molecule has 2 rings (SSSR count). The van der Waals surface area contributed by atoms with Crippen molar-refractivity contribution in [2.45, 2.75) is 32.7 Å². The van der Waals surface area contributed by atoms with Crippen LogP contribution in [0.25, 0.3) is 6.08 Å². The fraction of sp³-hybridized carbons (Fsp3) is 0.643. The van der Waals surface area contributed by atoms with Crippen molar-refractivity contribution in [1.82, 2.24) is 10.3 Å². The summed E-state index contributed by atoms with van der Waals surface area (Å²) < 4.78 is 0. The zero-order chi connectivity index (χ0) is 14.0. The molecular weight excluding hydrogens is 278 g/mol. The summed E-state index contributed by atoms with van der Waals surface area (Å²) in [5, 5.41) is 5.13. The van der Waals surface area contributed by atoms with E-state index in [-0.39, 0.29) is 0 Å². The molecule has 1 heterocycles. The molecule has 19 heavy (non-hydrogen) atoms. The van der Waals surface area contributed by atoms with E-state index in [0.717, 1.165) is 22.6 Å². The first-order chi connectivity index (χ1) is 8.97. The molecule has 0 saturated heterocycles. The molecule has 1 aliphatic rings. The summed E-state index contributed by atoms with van der Waals surface area (Å²) >= 11 is 7.86. The van der Waals surface area contributed by atoms with E-state index in [1.807, 2.05) is 19.0 Å². The lowest BCUT2D eigenvalue weighted by Crippen LogP contribution is -2.21. The lowest BCUT2D eigenvalue weighted by molar-refractivity contribution is 0.663. The number of anilines is 1. The van der Waals surface area contributed by atoms with Crippen LogP contribution >= 0.6 is 22.9 Å². The molecule has 0 bridgehead atoms. The summed E-state index contributed by atoms with van der Waals surface area (Å²) in [6, 6.07) is 0.733. The van der Waals surface area contributed by atoms with Crippen LogP contribution in [0.15, 0.2) is 5.57 Å². The van der Waals surface area contributed by atoms with Gasteiger partial charge in [0.25, 0.3) is 0 Å². The monoisotopic (exact) mass is 299 g/mol. The highest BCUT2D eigenvalue weighted by molar-refractivity contribution is 7.17. The minimum atomic E-state index is 0.521. The molecule has 0 radical (unpaired) electrons. The molecule has 0 amide bonds. The quantitative estimate of drug-likeness (QED) is 0.869. The standard InChI is InChI=1S/C14H22ClN3S/c1-9(2)10(8-16-11-5-6-11)7-12-13(15)17-14(19-12)18(3)4/h7,9,11,16H,5-6,8H2,1-4H3. The second kappa shape index (κ2) is 6.25. The van der Waals surface area contributed by atoms with Crippen molar-refractivity contribution in [1.29, 1.82) is 0 Å². The molecule has 1 aromatic rings. The van der Waals surface area contributed by atoms with Crippen LogP contribution in [0.3, 0.4) is 0 Å². The van der Waals surface area contributed by atoms with E-state index in [1.165, 1.54) is 18.4 Å². The van der Waals surface area contributed by atoms with E-state index in [0.29, 0.717) is 11.1 Å². The fourth-order valence-corrected chi connectivity index (χ4v) is 2.88. The summed E-state index contributed by atoms with van der Waals surface area (Å²) in [6.07, 6.45) is 4.84. The Morgan fingerprint density at radius 1 is 1.53 bits per heavy atom. The first-order valence-electron chi connectivity index (χ1n) is 6.75. The summed E-state index contributed by atoms with van der Waals surface area (Å²) in [7, 11) is 3.97. The van der Waals surface area contributed by atoms with E-state index in [9.17, 15) is 0 Å². The predicted molar refractivity (Wildman–Crippen MR) is 85.3 cm³/mol. The van der Waals surface area contributed by atoms with Crippen LogP contribution < -0.4 is 10.2 Å². The molecule has 3 nitrogen and oxygen atoms in total. The number of rotatable bonds is 6. The molecule has 1 fully saturated rings. The Labute approximate surface area is 124 Å². The number of halogens is 1. The van der Waals surface area contributed by atoms with Gasteiger partial charge in [-0.25, -0.2) is 4.98 Å². The largest absolute Gasteiger partial charge is 0.354 e. The number of aromatic nitrogens is 1. The van der Waals surface area contributed by atoms with E-state index >= 15 is 0 Å². The SMILES string of the molecule is CC(C)C(=Cc1sc(N(C)C)nc1Cl)CNC1CC1. The number of nitrogens with zero attached hydrogens (tertiary/aromatic N) is 2. The smallest absolute Gasteiger partial charge is 0.186 e. The van der Waals surface area contributed by atoms with Crippen LogP contribution in [0.4, 0.5) is 5.13 Å². The number of thiazole rings is 1. The van der Waals surface area contributed by atoms with Gasteiger partial charge in [0.1, 0.15) is 5.15 Å². The lowest BCUT2D eigenvalue weighted by Gasteiger charge is -2.12. The van der Waals surface area contributed by atoms with Gasteiger partial charge in [-0.2, -0.15) is 0 Å². The van der Waals surface area contributed by atoms with E-state index < -0.39 is 0 Å². The second-order valence-electron chi connectivity index (χ2n) is 5.58. The Morgan fingerprint density at radius 2 is 2.21 bits per heavy atom. The van der Waals surface area contributed by atoms with Gasteiger partial charge in [-0.3, -0.25) is 0 Å². The first kappa shape index (κ1) is 14.8. The minimum Gasteiger partial charge on any atom is -0.354 e. The number of hydrogen-bond donors (Lipinski definition) is 1. The van der Waals surface area contributed by atoms with Crippen molar-refractivity contribution in [3.05, 3.63) is 15.6 Å². The van der Waals surface area contributed by atoms with Gasteiger partial charge in [0.05, 0.1) is 4.88 Å². The van der Waals surface area contributed by atoms with Gasteiger partial charge in [-0.15, -0.1) is 0 Å². The Morgan fingerprint density at radius 3 is 2.68 bits per heavy atom. The molecule has 0 atom stereocenters. The molecule has 0 unspecified atom stereocenters. The summed E-state index contributed by atoms with van der Waals surface area (Å²) in [4.78, 5) is 7.43. The molecule has 1 aliphatic carbocycles. The normalized spacial score (nSPS) is 16.2. The molecule has 106 valence electrons. The van der Waals surface area contributed by atoms with E-state index in [1.54, 1.807) is 11.3 Å². The second-order valence-corrected chi connectivity index (χ2v) is 6.94. The van der Waals surface area contributed by atoms with Gasteiger partial charge in [0, 0.05) is 26.7 Å².